The molecule has 0 radical (unpaired) electrons. The molecule has 3 unspecified atom stereocenters. The van der Waals surface area contributed by atoms with Crippen molar-refractivity contribution in [3.8, 4) is 0 Å². The summed E-state index contributed by atoms with van der Waals surface area (Å²) in [7, 11) is 0. The van der Waals surface area contributed by atoms with Gasteiger partial charge in [0.05, 0.1) is 6.10 Å². The van der Waals surface area contributed by atoms with Crippen molar-refractivity contribution in [2.75, 3.05) is 6.54 Å². The molecule has 2 heteroatoms. The molecule has 100 valence electrons. The highest BCUT2D eigenvalue weighted by molar-refractivity contribution is 5.01. The van der Waals surface area contributed by atoms with E-state index in [-0.39, 0.29) is 6.10 Å². The van der Waals surface area contributed by atoms with E-state index >= 15 is 0 Å². The zero-order chi connectivity index (χ0) is 12.8. The molecule has 0 bridgehead atoms. The molecule has 0 aromatic heterocycles. The first-order chi connectivity index (χ1) is 7.72. The third kappa shape index (κ3) is 2.53. The van der Waals surface area contributed by atoms with Gasteiger partial charge in [-0.3, -0.25) is 4.90 Å². The van der Waals surface area contributed by atoms with Crippen LogP contribution in [0.4, 0.5) is 0 Å². The Kier molecular flexibility index (Phi) is 3.33. The van der Waals surface area contributed by atoms with Crippen LogP contribution >= 0.6 is 0 Å². The second-order valence-corrected chi connectivity index (χ2v) is 7.71. The first kappa shape index (κ1) is 13.4. The fraction of sp³-hybridized carbons (Fsp3) is 1.00. The monoisotopic (exact) mass is 239 g/mol. The summed E-state index contributed by atoms with van der Waals surface area (Å²) in [6.45, 7) is 13.0. The van der Waals surface area contributed by atoms with Crippen LogP contribution in [0.3, 0.4) is 0 Å². The van der Waals surface area contributed by atoms with E-state index in [1.807, 2.05) is 0 Å². The molecule has 17 heavy (non-hydrogen) atoms. The van der Waals surface area contributed by atoms with Gasteiger partial charge in [0, 0.05) is 18.1 Å². The number of nitrogens with zero attached hydrogens (tertiary/aromatic N) is 1. The number of aliphatic hydroxyl groups excluding tert-OH is 1. The van der Waals surface area contributed by atoms with Crippen molar-refractivity contribution in [3.05, 3.63) is 0 Å². The van der Waals surface area contributed by atoms with Crippen molar-refractivity contribution in [1.82, 2.24) is 4.90 Å². The summed E-state index contributed by atoms with van der Waals surface area (Å²) in [6, 6.07) is 0.547. The van der Waals surface area contributed by atoms with Gasteiger partial charge in [-0.25, -0.2) is 0 Å². The Labute approximate surface area is 106 Å². The molecule has 1 heterocycles. The summed E-state index contributed by atoms with van der Waals surface area (Å²) < 4.78 is 0. The molecule has 2 nitrogen and oxygen atoms in total. The zero-order valence-corrected chi connectivity index (χ0v) is 12.2. The molecule has 0 aromatic rings. The van der Waals surface area contributed by atoms with Gasteiger partial charge in [0.2, 0.25) is 0 Å². The van der Waals surface area contributed by atoms with E-state index < -0.39 is 0 Å². The fourth-order valence-electron chi connectivity index (χ4n) is 4.12. The van der Waals surface area contributed by atoms with Crippen LogP contribution in [0.15, 0.2) is 0 Å². The normalized spacial score (nSPS) is 41.6. The lowest BCUT2D eigenvalue weighted by molar-refractivity contribution is -0.0355. The Bertz CT molecular complexity index is 285. The van der Waals surface area contributed by atoms with Crippen molar-refractivity contribution in [2.45, 2.75) is 78.0 Å². The highest BCUT2D eigenvalue weighted by atomic mass is 16.3. The Hall–Kier alpha value is -0.0800. The minimum absolute atomic E-state index is 0.0836. The number of hydrogen-bond acceptors (Lipinski definition) is 2. The molecule has 1 N–H and O–H groups in total. The quantitative estimate of drug-likeness (QED) is 0.760. The van der Waals surface area contributed by atoms with Gasteiger partial charge >= 0.3 is 0 Å². The lowest BCUT2D eigenvalue weighted by atomic mass is 9.71. The summed E-state index contributed by atoms with van der Waals surface area (Å²) in [5.41, 5.74) is 0.652. The highest BCUT2D eigenvalue weighted by Crippen LogP contribution is 2.45. The summed E-state index contributed by atoms with van der Waals surface area (Å²) >= 11 is 0. The first-order valence-electron chi connectivity index (χ1n) is 7.17. The van der Waals surface area contributed by atoms with Crippen LogP contribution in [0.2, 0.25) is 0 Å². The van der Waals surface area contributed by atoms with Crippen LogP contribution in [0, 0.1) is 11.3 Å². The molecule has 1 aliphatic carbocycles. The summed E-state index contributed by atoms with van der Waals surface area (Å²) in [6.07, 6.45) is 4.30. The largest absolute Gasteiger partial charge is 0.393 e. The highest BCUT2D eigenvalue weighted by Gasteiger charge is 2.47. The summed E-state index contributed by atoms with van der Waals surface area (Å²) in [5.74, 6) is 0.792. The maximum atomic E-state index is 9.98. The smallest absolute Gasteiger partial charge is 0.0555 e. The van der Waals surface area contributed by atoms with E-state index in [0.29, 0.717) is 17.0 Å². The maximum absolute atomic E-state index is 9.98. The van der Waals surface area contributed by atoms with E-state index in [1.54, 1.807) is 0 Å². The van der Waals surface area contributed by atoms with Gasteiger partial charge in [-0.2, -0.15) is 0 Å². The molecule has 1 aliphatic heterocycles. The van der Waals surface area contributed by atoms with Crippen molar-refractivity contribution < 1.29 is 5.11 Å². The minimum Gasteiger partial charge on any atom is -0.393 e. The van der Waals surface area contributed by atoms with Gasteiger partial charge in [-0.05, 0) is 50.9 Å². The molecule has 0 aromatic carbocycles. The third-order valence-electron chi connectivity index (χ3n) is 5.03. The lowest BCUT2D eigenvalue weighted by Gasteiger charge is -2.50. The van der Waals surface area contributed by atoms with Crippen LogP contribution in [0.5, 0.6) is 0 Å². The number of aliphatic hydroxyl groups is 1. The van der Waals surface area contributed by atoms with Crippen LogP contribution in [-0.2, 0) is 0 Å². The molecule has 0 amide bonds. The summed E-state index contributed by atoms with van der Waals surface area (Å²) in [4.78, 5) is 2.68. The van der Waals surface area contributed by atoms with Crippen molar-refractivity contribution >= 4 is 0 Å². The van der Waals surface area contributed by atoms with Gasteiger partial charge in [0.25, 0.3) is 0 Å². The maximum Gasteiger partial charge on any atom is 0.0555 e. The van der Waals surface area contributed by atoms with E-state index in [4.69, 9.17) is 0 Å². The molecule has 3 atom stereocenters. The number of hydrogen-bond donors (Lipinski definition) is 1. The van der Waals surface area contributed by atoms with Crippen LogP contribution in [0.1, 0.15) is 60.3 Å². The molecule has 2 rings (SSSR count). The minimum atomic E-state index is -0.0836. The lowest BCUT2D eigenvalue weighted by Crippen LogP contribution is -2.55. The van der Waals surface area contributed by atoms with E-state index in [0.717, 1.165) is 25.2 Å². The van der Waals surface area contributed by atoms with E-state index in [2.05, 4.69) is 39.5 Å². The molecular weight excluding hydrogens is 210 g/mol. The van der Waals surface area contributed by atoms with Gasteiger partial charge in [-0.15, -0.1) is 0 Å². The second kappa shape index (κ2) is 4.24. The van der Waals surface area contributed by atoms with E-state index in [1.165, 1.54) is 13.0 Å². The fourth-order valence-corrected chi connectivity index (χ4v) is 4.12. The van der Waals surface area contributed by atoms with Gasteiger partial charge in [0.15, 0.2) is 0 Å². The van der Waals surface area contributed by atoms with Crippen LogP contribution in [-0.4, -0.2) is 34.2 Å². The molecule has 2 fully saturated rings. The van der Waals surface area contributed by atoms with Crippen molar-refractivity contribution in [3.63, 3.8) is 0 Å². The number of likely N-dealkylation sites (tertiary alicyclic amines) is 1. The molecule has 1 saturated heterocycles. The molecular formula is C15H29NO. The average Bonchev–Trinajstić information content (AvgIpc) is 2.44. The standard InChI is InChI=1S/C15H29NO/c1-11-9-15(4,5)16(10-11)13-8-12(17)6-7-14(13,2)3/h11-13,17H,6-10H2,1-5H3. The Balaban J connectivity index is 2.19. The molecule has 2 aliphatic rings. The Morgan fingerprint density at radius 3 is 2.35 bits per heavy atom. The topological polar surface area (TPSA) is 23.5 Å². The third-order valence-corrected chi connectivity index (χ3v) is 5.03. The van der Waals surface area contributed by atoms with Gasteiger partial charge < -0.3 is 5.11 Å². The van der Waals surface area contributed by atoms with E-state index in [9.17, 15) is 5.11 Å². The predicted octanol–water partition coefficient (Wildman–Crippen LogP) is 3.05. The average molecular weight is 239 g/mol. The first-order valence-corrected chi connectivity index (χ1v) is 7.17. The predicted molar refractivity (Wildman–Crippen MR) is 72.0 cm³/mol. The summed E-state index contributed by atoms with van der Waals surface area (Å²) in [5, 5.41) is 9.98. The molecule has 0 spiro atoms. The Morgan fingerprint density at radius 2 is 1.82 bits per heavy atom. The van der Waals surface area contributed by atoms with Crippen molar-refractivity contribution in [1.29, 1.82) is 0 Å². The van der Waals surface area contributed by atoms with Crippen LogP contribution < -0.4 is 0 Å². The molecule has 1 saturated carbocycles. The number of rotatable bonds is 1. The van der Waals surface area contributed by atoms with Crippen LogP contribution in [0.25, 0.3) is 0 Å². The Morgan fingerprint density at radius 1 is 1.18 bits per heavy atom. The van der Waals surface area contributed by atoms with Gasteiger partial charge in [-0.1, -0.05) is 20.8 Å². The van der Waals surface area contributed by atoms with Crippen molar-refractivity contribution in [2.24, 2.45) is 11.3 Å². The zero-order valence-electron chi connectivity index (χ0n) is 12.2. The second-order valence-electron chi connectivity index (χ2n) is 7.71. The van der Waals surface area contributed by atoms with Gasteiger partial charge in [0.1, 0.15) is 0 Å². The SMILES string of the molecule is CC1CN(C2CC(O)CCC2(C)C)C(C)(C)C1.